The Hall–Kier alpha value is -2.96. The van der Waals surface area contributed by atoms with Crippen molar-refractivity contribution in [3.63, 3.8) is 0 Å². The second kappa shape index (κ2) is 10.4. The van der Waals surface area contributed by atoms with Crippen LogP contribution in [0.3, 0.4) is 0 Å². The summed E-state index contributed by atoms with van der Waals surface area (Å²) in [7, 11) is 1.61. The molecule has 2 N–H and O–H groups in total. The fourth-order valence-corrected chi connectivity index (χ4v) is 3.75. The number of aliphatic hydroxyl groups excluding tert-OH is 1. The van der Waals surface area contributed by atoms with E-state index in [-0.39, 0.29) is 11.8 Å². The van der Waals surface area contributed by atoms with Crippen LogP contribution >= 0.6 is 0 Å². The lowest BCUT2D eigenvalue weighted by molar-refractivity contribution is 0.0971. The summed E-state index contributed by atoms with van der Waals surface area (Å²) < 4.78 is 7.05. The molecule has 1 heterocycles. The predicted octanol–water partition coefficient (Wildman–Crippen LogP) is 3.84. The first-order valence-corrected chi connectivity index (χ1v) is 10.6. The number of aliphatic hydroxyl groups is 1. The molecule has 0 fully saturated rings. The molecule has 0 spiro atoms. The van der Waals surface area contributed by atoms with Gasteiger partial charge in [-0.05, 0) is 44.0 Å². The summed E-state index contributed by atoms with van der Waals surface area (Å²) in [5, 5.41) is 18.4. The molecule has 6 heteroatoms. The third-order valence-corrected chi connectivity index (χ3v) is 5.58. The molecule has 3 aromatic rings. The first kappa shape index (κ1) is 22.7. The quantitative estimate of drug-likeness (QED) is 0.487. The van der Waals surface area contributed by atoms with Crippen LogP contribution in [-0.2, 0) is 6.54 Å². The summed E-state index contributed by atoms with van der Waals surface area (Å²) in [6.07, 6.45) is -0.323. The van der Waals surface area contributed by atoms with Gasteiger partial charge in [0.2, 0.25) is 0 Å². The van der Waals surface area contributed by atoms with Crippen LogP contribution in [0.5, 0.6) is 5.75 Å². The Morgan fingerprint density at radius 3 is 2.45 bits per heavy atom. The highest BCUT2D eigenvalue weighted by atomic mass is 16.5. The molecule has 164 valence electrons. The van der Waals surface area contributed by atoms with Gasteiger partial charge in [-0.15, -0.1) is 0 Å². The molecule has 0 radical (unpaired) electrons. The molecule has 0 amide bonds. The number of hydrogen-bond acceptors (Lipinski definition) is 5. The van der Waals surface area contributed by atoms with E-state index in [2.05, 4.69) is 22.5 Å². The van der Waals surface area contributed by atoms with Crippen LogP contribution in [0.1, 0.15) is 52.3 Å². The van der Waals surface area contributed by atoms with Gasteiger partial charge in [0.15, 0.2) is 5.78 Å². The minimum atomic E-state index is -0.668. The molecule has 0 saturated heterocycles. The van der Waals surface area contributed by atoms with Crippen molar-refractivity contribution in [3.05, 3.63) is 82.7 Å². The monoisotopic (exact) mass is 421 g/mol. The van der Waals surface area contributed by atoms with E-state index >= 15 is 0 Å². The number of Topliss-reactive ketones (excluding diaryl/α,β-unsaturated/α-hetero) is 1. The molecule has 0 aliphatic heterocycles. The van der Waals surface area contributed by atoms with Gasteiger partial charge in [-0.3, -0.25) is 9.48 Å². The fraction of sp³-hybridized carbons (Fsp3) is 0.360. The van der Waals surface area contributed by atoms with Crippen LogP contribution in [0.15, 0.2) is 54.6 Å². The van der Waals surface area contributed by atoms with Gasteiger partial charge in [0.05, 0.1) is 31.0 Å². The third kappa shape index (κ3) is 5.60. The van der Waals surface area contributed by atoms with E-state index in [1.165, 1.54) is 0 Å². The number of ether oxygens (including phenoxy) is 1. The molecule has 2 atom stereocenters. The summed E-state index contributed by atoms with van der Waals surface area (Å²) in [5.74, 6) is 0.814. The molecule has 1 aromatic heterocycles. The zero-order valence-corrected chi connectivity index (χ0v) is 18.6. The van der Waals surface area contributed by atoms with Crippen LogP contribution in [0, 0.1) is 13.8 Å². The predicted molar refractivity (Wildman–Crippen MR) is 122 cm³/mol. The molecule has 0 aliphatic rings. The molecule has 31 heavy (non-hydrogen) atoms. The Balaban J connectivity index is 1.56. The van der Waals surface area contributed by atoms with Crippen LogP contribution in [0.2, 0.25) is 0 Å². The maximum atomic E-state index is 12.9. The number of aromatic nitrogens is 2. The van der Waals surface area contributed by atoms with Crippen molar-refractivity contribution in [2.24, 2.45) is 0 Å². The number of ketones is 1. The van der Waals surface area contributed by atoms with E-state index in [1.54, 1.807) is 7.11 Å². The van der Waals surface area contributed by atoms with Crippen LogP contribution < -0.4 is 10.1 Å². The number of benzene rings is 2. The number of carbonyl (C=O) groups is 1. The number of nitrogens with one attached hydrogen (secondary N) is 1. The van der Waals surface area contributed by atoms with Crippen LogP contribution in [0.25, 0.3) is 0 Å². The average Bonchev–Trinajstić information content (AvgIpc) is 3.06. The second-order valence-corrected chi connectivity index (χ2v) is 7.82. The normalized spacial score (nSPS) is 13.1. The summed E-state index contributed by atoms with van der Waals surface area (Å²) in [5.41, 5.74) is 4.29. The van der Waals surface area contributed by atoms with Gasteiger partial charge in [0.1, 0.15) is 5.75 Å². The number of rotatable bonds is 10. The zero-order chi connectivity index (χ0) is 22.4. The van der Waals surface area contributed by atoms with Crippen molar-refractivity contribution in [1.29, 1.82) is 0 Å². The number of nitrogens with zero attached hydrogens (tertiary/aromatic N) is 2. The molecule has 0 bridgehead atoms. The van der Waals surface area contributed by atoms with Crippen molar-refractivity contribution < 1.29 is 14.6 Å². The lowest BCUT2D eigenvalue weighted by Crippen LogP contribution is -2.33. The lowest BCUT2D eigenvalue weighted by Gasteiger charge is -2.20. The SMILES string of the molecule is COc1ccc(C(O)C(C)NCCC(=O)c2c(C)nn(Cc3ccccc3)c2C)cc1. The molecule has 0 saturated carbocycles. The topological polar surface area (TPSA) is 76.4 Å². The minimum absolute atomic E-state index is 0.0629. The lowest BCUT2D eigenvalue weighted by atomic mass is 10.0. The van der Waals surface area contributed by atoms with Crippen LogP contribution in [-0.4, -0.2) is 40.4 Å². The Kier molecular flexibility index (Phi) is 7.60. The zero-order valence-electron chi connectivity index (χ0n) is 18.6. The van der Waals surface area contributed by atoms with E-state index in [0.29, 0.717) is 25.1 Å². The summed E-state index contributed by atoms with van der Waals surface area (Å²) in [6, 6.07) is 17.3. The summed E-state index contributed by atoms with van der Waals surface area (Å²) in [6.45, 7) is 6.86. The van der Waals surface area contributed by atoms with Gasteiger partial charge in [0.25, 0.3) is 0 Å². The molecule has 6 nitrogen and oxygen atoms in total. The maximum absolute atomic E-state index is 12.9. The molecular formula is C25H31N3O3. The van der Waals surface area contributed by atoms with Crippen LogP contribution in [0.4, 0.5) is 0 Å². The second-order valence-electron chi connectivity index (χ2n) is 7.82. The highest BCUT2D eigenvalue weighted by molar-refractivity contribution is 5.98. The number of carbonyl (C=O) groups excluding carboxylic acids is 1. The molecule has 3 rings (SSSR count). The van der Waals surface area contributed by atoms with Gasteiger partial charge in [-0.25, -0.2) is 0 Å². The Morgan fingerprint density at radius 2 is 1.81 bits per heavy atom. The van der Waals surface area contributed by atoms with Crippen molar-refractivity contribution >= 4 is 5.78 Å². The maximum Gasteiger partial charge on any atom is 0.167 e. The van der Waals surface area contributed by atoms with Crippen molar-refractivity contribution in [2.75, 3.05) is 13.7 Å². The van der Waals surface area contributed by atoms with E-state index in [0.717, 1.165) is 28.3 Å². The first-order valence-electron chi connectivity index (χ1n) is 10.6. The smallest absolute Gasteiger partial charge is 0.167 e. The highest BCUT2D eigenvalue weighted by Gasteiger charge is 2.20. The Morgan fingerprint density at radius 1 is 1.13 bits per heavy atom. The Labute approximate surface area is 183 Å². The number of methoxy groups -OCH3 is 1. The standard InChI is InChI=1S/C25H31N3O3/c1-17-24(19(3)28(27-17)16-20-8-6-5-7-9-20)23(29)14-15-26-18(2)25(30)21-10-12-22(31-4)13-11-21/h5-13,18,25-26,30H,14-16H2,1-4H3. The number of aryl methyl sites for hydroxylation is 1. The largest absolute Gasteiger partial charge is 0.497 e. The van der Waals surface area contributed by atoms with E-state index in [9.17, 15) is 9.90 Å². The summed E-state index contributed by atoms with van der Waals surface area (Å²) in [4.78, 5) is 12.9. The van der Waals surface area contributed by atoms with E-state index < -0.39 is 6.10 Å². The average molecular weight is 422 g/mol. The molecule has 2 aromatic carbocycles. The van der Waals surface area contributed by atoms with Crippen molar-refractivity contribution in [3.8, 4) is 5.75 Å². The van der Waals surface area contributed by atoms with Gasteiger partial charge in [0, 0.05) is 24.7 Å². The molecule has 0 aliphatic carbocycles. The van der Waals surface area contributed by atoms with Gasteiger partial charge in [-0.1, -0.05) is 42.5 Å². The van der Waals surface area contributed by atoms with Crippen molar-refractivity contribution in [2.45, 2.75) is 45.9 Å². The highest BCUT2D eigenvalue weighted by Crippen LogP contribution is 2.21. The van der Waals surface area contributed by atoms with Gasteiger partial charge >= 0.3 is 0 Å². The first-order chi connectivity index (χ1) is 14.9. The Bertz CT molecular complexity index is 997. The molecular weight excluding hydrogens is 390 g/mol. The number of hydrogen-bond donors (Lipinski definition) is 2. The van der Waals surface area contributed by atoms with E-state index in [1.807, 2.05) is 67.9 Å². The van der Waals surface area contributed by atoms with Crippen molar-refractivity contribution in [1.82, 2.24) is 15.1 Å². The minimum Gasteiger partial charge on any atom is -0.497 e. The summed E-state index contributed by atoms with van der Waals surface area (Å²) >= 11 is 0. The van der Waals surface area contributed by atoms with Gasteiger partial charge < -0.3 is 15.2 Å². The molecule has 2 unspecified atom stereocenters. The fourth-order valence-electron chi connectivity index (χ4n) is 3.75. The third-order valence-electron chi connectivity index (χ3n) is 5.58. The van der Waals surface area contributed by atoms with Gasteiger partial charge in [-0.2, -0.15) is 5.10 Å². The van der Waals surface area contributed by atoms with E-state index in [4.69, 9.17) is 4.74 Å².